The predicted octanol–water partition coefficient (Wildman–Crippen LogP) is -0.390. The molecule has 1 saturated heterocycles. The Kier molecular flexibility index (Phi) is 3.70. The van der Waals surface area contributed by atoms with Gasteiger partial charge in [-0.2, -0.15) is 5.10 Å². The Balaban J connectivity index is 1.84. The number of rotatable bonds is 3. The van der Waals surface area contributed by atoms with Crippen molar-refractivity contribution < 1.29 is 13.2 Å². The molecule has 1 amide bonds. The van der Waals surface area contributed by atoms with E-state index in [1.807, 2.05) is 13.1 Å². The summed E-state index contributed by atoms with van der Waals surface area (Å²) < 4.78 is 24.3. The second-order valence-corrected chi connectivity index (χ2v) is 6.78. The van der Waals surface area contributed by atoms with Crippen LogP contribution in [0, 0.1) is 0 Å². The van der Waals surface area contributed by atoms with E-state index < -0.39 is 9.84 Å². The fourth-order valence-corrected chi connectivity index (χ4v) is 3.20. The summed E-state index contributed by atoms with van der Waals surface area (Å²) in [5.41, 5.74) is 1.01. The summed E-state index contributed by atoms with van der Waals surface area (Å²) in [7, 11) is -1.08. The van der Waals surface area contributed by atoms with Crippen molar-refractivity contribution in [2.24, 2.45) is 7.05 Å². The maximum Gasteiger partial charge on any atom is 0.223 e. The number of nitrogens with zero attached hydrogens (tertiary/aromatic N) is 3. The molecule has 1 fully saturated rings. The summed E-state index contributed by atoms with van der Waals surface area (Å²) in [4.78, 5) is 13.6. The number of hydrogen-bond donors (Lipinski definition) is 0. The van der Waals surface area contributed by atoms with Crippen molar-refractivity contribution in [3.8, 4) is 0 Å². The van der Waals surface area contributed by atoms with Crippen LogP contribution >= 0.6 is 0 Å². The van der Waals surface area contributed by atoms with Gasteiger partial charge in [-0.3, -0.25) is 9.48 Å². The van der Waals surface area contributed by atoms with Crippen molar-refractivity contribution >= 4 is 15.7 Å². The molecule has 1 aromatic heterocycles. The summed E-state index contributed by atoms with van der Waals surface area (Å²) in [6.07, 6.45) is 2.74. The Morgan fingerprint density at radius 3 is 2.61 bits per heavy atom. The van der Waals surface area contributed by atoms with Gasteiger partial charge in [0.2, 0.25) is 5.91 Å². The Hall–Kier alpha value is -1.37. The minimum Gasteiger partial charge on any atom is -0.341 e. The highest BCUT2D eigenvalue weighted by Crippen LogP contribution is 2.08. The predicted molar refractivity (Wildman–Crippen MR) is 66.8 cm³/mol. The van der Waals surface area contributed by atoms with Gasteiger partial charge in [0.15, 0.2) is 9.84 Å². The smallest absolute Gasteiger partial charge is 0.223 e. The molecule has 6 nitrogen and oxygen atoms in total. The molecule has 0 radical (unpaired) electrons. The molecule has 0 N–H and O–H groups in total. The van der Waals surface area contributed by atoms with Gasteiger partial charge in [-0.15, -0.1) is 0 Å². The molecule has 0 saturated carbocycles. The lowest BCUT2D eigenvalue weighted by molar-refractivity contribution is -0.130. The van der Waals surface area contributed by atoms with Gasteiger partial charge in [-0.25, -0.2) is 8.42 Å². The summed E-state index contributed by atoms with van der Waals surface area (Å²) in [6, 6.07) is 1.88. The van der Waals surface area contributed by atoms with Crippen molar-refractivity contribution in [1.29, 1.82) is 0 Å². The number of aryl methyl sites for hydroxylation is 2. The topological polar surface area (TPSA) is 72.3 Å². The van der Waals surface area contributed by atoms with Gasteiger partial charge in [0, 0.05) is 38.4 Å². The molecular weight excluding hydrogens is 254 g/mol. The first-order valence-corrected chi connectivity index (χ1v) is 7.75. The first-order valence-electron chi connectivity index (χ1n) is 5.93. The molecular formula is C11H17N3O3S. The molecule has 1 aliphatic rings. The SMILES string of the molecule is Cn1nccc1CCC(=O)N1CCS(=O)(=O)CC1. The van der Waals surface area contributed by atoms with Crippen LogP contribution in [-0.4, -0.2) is 53.6 Å². The van der Waals surface area contributed by atoms with Crippen LogP contribution in [0.5, 0.6) is 0 Å². The van der Waals surface area contributed by atoms with Crippen molar-refractivity contribution in [3.63, 3.8) is 0 Å². The van der Waals surface area contributed by atoms with Crippen LogP contribution in [0.15, 0.2) is 12.3 Å². The number of carbonyl (C=O) groups excluding carboxylic acids is 1. The molecule has 2 heterocycles. The largest absolute Gasteiger partial charge is 0.341 e. The lowest BCUT2D eigenvalue weighted by Gasteiger charge is -2.26. The van der Waals surface area contributed by atoms with Crippen molar-refractivity contribution in [2.75, 3.05) is 24.6 Å². The van der Waals surface area contributed by atoms with E-state index in [2.05, 4.69) is 5.10 Å². The van der Waals surface area contributed by atoms with E-state index in [0.717, 1.165) is 5.69 Å². The summed E-state index contributed by atoms with van der Waals surface area (Å²) >= 11 is 0. The van der Waals surface area contributed by atoms with Crippen LogP contribution in [0.3, 0.4) is 0 Å². The highest BCUT2D eigenvalue weighted by molar-refractivity contribution is 7.91. The number of aromatic nitrogens is 2. The quantitative estimate of drug-likeness (QED) is 0.750. The molecule has 18 heavy (non-hydrogen) atoms. The number of carbonyl (C=O) groups is 1. The summed E-state index contributed by atoms with van der Waals surface area (Å²) in [5, 5.41) is 4.04. The van der Waals surface area contributed by atoms with Crippen LogP contribution < -0.4 is 0 Å². The minimum atomic E-state index is -2.92. The van der Waals surface area contributed by atoms with E-state index in [1.54, 1.807) is 15.8 Å². The molecule has 7 heteroatoms. The van der Waals surface area contributed by atoms with Crippen LogP contribution in [0.2, 0.25) is 0 Å². The van der Waals surface area contributed by atoms with Crippen LogP contribution in [0.1, 0.15) is 12.1 Å². The van der Waals surface area contributed by atoms with Gasteiger partial charge in [0.25, 0.3) is 0 Å². The number of sulfone groups is 1. The molecule has 0 aliphatic carbocycles. The average molecular weight is 271 g/mol. The van der Waals surface area contributed by atoms with E-state index >= 15 is 0 Å². The lowest BCUT2D eigenvalue weighted by Crippen LogP contribution is -2.43. The van der Waals surface area contributed by atoms with Gasteiger partial charge in [0.1, 0.15) is 0 Å². The third-order valence-electron chi connectivity index (χ3n) is 3.21. The Morgan fingerprint density at radius 1 is 1.39 bits per heavy atom. The first-order chi connectivity index (χ1) is 8.48. The molecule has 0 unspecified atom stereocenters. The third kappa shape index (κ3) is 3.10. The Bertz CT molecular complexity index is 521. The minimum absolute atomic E-state index is 0.0195. The number of amides is 1. The molecule has 100 valence electrons. The highest BCUT2D eigenvalue weighted by Gasteiger charge is 2.24. The van der Waals surface area contributed by atoms with E-state index in [1.165, 1.54) is 0 Å². The maximum absolute atomic E-state index is 11.9. The lowest BCUT2D eigenvalue weighted by atomic mass is 10.2. The Labute approximate surface area is 106 Å². The van der Waals surface area contributed by atoms with Gasteiger partial charge in [-0.05, 0) is 12.5 Å². The van der Waals surface area contributed by atoms with E-state index in [0.29, 0.717) is 25.9 Å². The molecule has 1 aliphatic heterocycles. The Morgan fingerprint density at radius 2 is 2.06 bits per heavy atom. The van der Waals surface area contributed by atoms with Crippen molar-refractivity contribution in [3.05, 3.63) is 18.0 Å². The monoisotopic (exact) mass is 271 g/mol. The zero-order valence-electron chi connectivity index (χ0n) is 10.4. The average Bonchev–Trinajstić information content (AvgIpc) is 2.72. The summed E-state index contributed by atoms with van der Waals surface area (Å²) in [6.45, 7) is 0.652. The van der Waals surface area contributed by atoms with Crippen molar-refractivity contribution in [1.82, 2.24) is 14.7 Å². The standard InChI is InChI=1S/C11H17N3O3S/c1-13-10(4-5-12-13)2-3-11(15)14-6-8-18(16,17)9-7-14/h4-5H,2-3,6-9H2,1H3. The van der Waals surface area contributed by atoms with Crippen LogP contribution in [-0.2, 0) is 28.1 Å². The fourth-order valence-electron chi connectivity index (χ4n) is 2.00. The number of hydrogen-bond acceptors (Lipinski definition) is 4. The van der Waals surface area contributed by atoms with E-state index in [4.69, 9.17) is 0 Å². The van der Waals surface area contributed by atoms with E-state index in [-0.39, 0.29) is 17.4 Å². The molecule has 2 rings (SSSR count). The molecule has 0 spiro atoms. The second-order valence-electron chi connectivity index (χ2n) is 4.48. The van der Waals surface area contributed by atoms with Gasteiger partial charge < -0.3 is 4.90 Å². The maximum atomic E-state index is 11.9. The summed E-state index contributed by atoms with van der Waals surface area (Å²) in [5.74, 6) is 0.195. The fraction of sp³-hybridized carbons (Fsp3) is 0.636. The zero-order chi connectivity index (χ0) is 13.2. The normalized spacial score (nSPS) is 18.8. The van der Waals surface area contributed by atoms with E-state index in [9.17, 15) is 13.2 Å². The molecule has 0 bridgehead atoms. The van der Waals surface area contributed by atoms with Gasteiger partial charge in [-0.1, -0.05) is 0 Å². The third-order valence-corrected chi connectivity index (χ3v) is 4.82. The highest BCUT2D eigenvalue weighted by atomic mass is 32.2. The van der Waals surface area contributed by atoms with Gasteiger partial charge >= 0.3 is 0 Å². The molecule has 0 atom stereocenters. The van der Waals surface area contributed by atoms with Crippen LogP contribution in [0.25, 0.3) is 0 Å². The van der Waals surface area contributed by atoms with Crippen molar-refractivity contribution in [2.45, 2.75) is 12.8 Å². The second kappa shape index (κ2) is 5.09. The molecule has 0 aromatic carbocycles. The first kappa shape index (κ1) is 13.1. The van der Waals surface area contributed by atoms with Crippen LogP contribution in [0.4, 0.5) is 0 Å². The zero-order valence-corrected chi connectivity index (χ0v) is 11.2. The van der Waals surface area contributed by atoms with Gasteiger partial charge in [0.05, 0.1) is 11.5 Å². The molecule has 1 aromatic rings.